The van der Waals surface area contributed by atoms with Crippen LogP contribution in [0.15, 0.2) is 60.2 Å². The van der Waals surface area contributed by atoms with Gasteiger partial charge in [-0.1, -0.05) is 6.07 Å². The second kappa shape index (κ2) is 6.24. The van der Waals surface area contributed by atoms with E-state index in [4.69, 9.17) is 0 Å². The van der Waals surface area contributed by atoms with Crippen molar-refractivity contribution in [3.05, 3.63) is 60.7 Å². The normalized spacial score (nSPS) is 10.4. The molecule has 90 valence electrons. The molecular weight excluding hydrogens is 228 g/mol. The van der Waals surface area contributed by atoms with Crippen LogP contribution in [-0.4, -0.2) is 17.1 Å². The van der Waals surface area contributed by atoms with E-state index in [0.29, 0.717) is 0 Å². The first-order valence-electron chi connectivity index (χ1n) is 5.50. The van der Waals surface area contributed by atoms with E-state index in [-0.39, 0.29) is 12.5 Å². The Kier molecular flexibility index (Phi) is 4.13. The van der Waals surface area contributed by atoms with Crippen molar-refractivity contribution in [2.45, 2.75) is 6.54 Å². The van der Waals surface area contributed by atoms with Gasteiger partial charge in [0, 0.05) is 24.5 Å². The summed E-state index contributed by atoms with van der Waals surface area (Å²) in [7, 11) is 0. The molecule has 5 nitrogen and oxygen atoms in total. The van der Waals surface area contributed by atoms with Crippen LogP contribution in [0.1, 0.15) is 5.56 Å². The summed E-state index contributed by atoms with van der Waals surface area (Å²) >= 11 is 0. The van der Waals surface area contributed by atoms with E-state index in [1.54, 1.807) is 23.2 Å². The first-order valence-corrected chi connectivity index (χ1v) is 5.50. The van der Waals surface area contributed by atoms with Crippen LogP contribution in [0.2, 0.25) is 0 Å². The zero-order valence-corrected chi connectivity index (χ0v) is 9.73. The molecule has 18 heavy (non-hydrogen) atoms. The standard InChI is InChI=1S/C13H12N4O/c18-13(11-17-8-2-1-3-9-17)16-15-10-12-4-6-14-7-5-12/h1-10H,11H2/p+1. The zero-order chi connectivity index (χ0) is 12.6. The van der Waals surface area contributed by atoms with Crippen molar-refractivity contribution in [3.63, 3.8) is 0 Å². The van der Waals surface area contributed by atoms with Crippen LogP contribution in [0.4, 0.5) is 0 Å². The molecule has 0 aromatic carbocycles. The second-order valence-corrected chi connectivity index (χ2v) is 3.62. The summed E-state index contributed by atoms with van der Waals surface area (Å²) in [5.41, 5.74) is 3.36. The highest BCUT2D eigenvalue weighted by Crippen LogP contribution is 1.89. The Morgan fingerprint density at radius 1 is 1.28 bits per heavy atom. The third kappa shape index (κ3) is 3.79. The van der Waals surface area contributed by atoms with E-state index in [1.165, 1.54) is 0 Å². The van der Waals surface area contributed by atoms with Gasteiger partial charge in [0.15, 0.2) is 12.4 Å². The van der Waals surface area contributed by atoms with Crippen molar-refractivity contribution in [2.75, 3.05) is 0 Å². The molecule has 0 fully saturated rings. The highest BCUT2D eigenvalue weighted by molar-refractivity contribution is 5.81. The number of hydrogen-bond donors (Lipinski definition) is 1. The second-order valence-electron chi connectivity index (χ2n) is 3.62. The van der Waals surface area contributed by atoms with Gasteiger partial charge in [-0.15, -0.1) is 0 Å². The fourth-order valence-electron chi connectivity index (χ4n) is 1.37. The molecule has 1 N–H and O–H groups in total. The molecule has 0 aliphatic carbocycles. The van der Waals surface area contributed by atoms with E-state index in [2.05, 4.69) is 15.5 Å². The van der Waals surface area contributed by atoms with Gasteiger partial charge in [-0.25, -0.2) is 5.43 Å². The van der Waals surface area contributed by atoms with Crippen LogP contribution in [0.5, 0.6) is 0 Å². The molecule has 2 heterocycles. The van der Waals surface area contributed by atoms with Gasteiger partial charge in [0.05, 0.1) is 6.21 Å². The highest BCUT2D eigenvalue weighted by atomic mass is 16.2. The Morgan fingerprint density at radius 2 is 2.00 bits per heavy atom. The monoisotopic (exact) mass is 241 g/mol. The molecule has 1 amide bonds. The van der Waals surface area contributed by atoms with E-state index in [0.717, 1.165) is 5.56 Å². The van der Waals surface area contributed by atoms with Crippen LogP contribution >= 0.6 is 0 Å². The molecule has 0 spiro atoms. The fourth-order valence-corrected chi connectivity index (χ4v) is 1.37. The van der Waals surface area contributed by atoms with Gasteiger partial charge >= 0.3 is 5.91 Å². The van der Waals surface area contributed by atoms with Crippen molar-refractivity contribution >= 4 is 12.1 Å². The number of pyridine rings is 2. The SMILES string of the molecule is O=C(C[n+]1ccccc1)N/N=C\c1ccncc1. The van der Waals surface area contributed by atoms with Crippen LogP contribution < -0.4 is 9.99 Å². The number of hydrogen-bond acceptors (Lipinski definition) is 3. The van der Waals surface area contributed by atoms with Gasteiger partial charge in [-0.2, -0.15) is 9.67 Å². The molecule has 0 saturated heterocycles. The van der Waals surface area contributed by atoms with E-state index in [9.17, 15) is 4.79 Å². The summed E-state index contributed by atoms with van der Waals surface area (Å²) in [6, 6.07) is 9.25. The minimum absolute atomic E-state index is 0.170. The maximum absolute atomic E-state index is 11.5. The summed E-state index contributed by atoms with van der Waals surface area (Å²) in [5.74, 6) is -0.170. The molecule has 0 unspecified atom stereocenters. The van der Waals surface area contributed by atoms with Crippen molar-refractivity contribution in [1.29, 1.82) is 0 Å². The number of nitrogens with zero attached hydrogens (tertiary/aromatic N) is 3. The molecular formula is C13H13N4O+. The Balaban J connectivity index is 1.84. The predicted octanol–water partition coefficient (Wildman–Crippen LogP) is 0.519. The van der Waals surface area contributed by atoms with Gasteiger partial charge < -0.3 is 0 Å². The lowest BCUT2D eigenvalue weighted by molar-refractivity contribution is -0.684. The van der Waals surface area contributed by atoms with Gasteiger partial charge in [-0.3, -0.25) is 9.78 Å². The molecule has 0 saturated carbocycles. The summed E-state index contributed by atoms with van der Waals surface area (Å²) in [5, 5.41) is 3.87. The molecule has 0 aliphatic rings. The van der Waals surface area contributed by atoms with Gasteiger partial charge in [0.25, 0.3) is 0 Å². The maximum Gasteiger partial charge on any atom is 0.305 e. The average molecular weight is 241 g/mol. The summed E-state index contributed by atoms with van der Waals surface area (Å²) < 4.78 is 1.78. The van der Waals surface area contributed by atoms with Crippen molar-refractivity contribution in [3.8, 4) is 0 Å². The van der Waals surface area contributed by atoms with Gasteiger partial charge in [-0.05, 0) is 17.7 Å². The molecule has 2 aromatic heterocycles. The quantitative estimate of drug-likeness (QED) is 0.482. The Bertz CT molecular complexity index is 525. The molecule has 0 atom stereocenters. The smallest absolute Gasteiger partial charge is 0.266 e. The van der Waals surface area contributed by atoms with E-state index >= 15 is 0 Å². The highest BCUT2D eigenvalue weighted by Gasteiger charge is 2.06. The number of aromatic nitrogens is 2. The first kappa shape index (κ1) is 11.9. The minimum atomic E-state index is -0.170. The number of carbonyl (C=O) groups excluding carboxylic acids is 1. The van der Waals surface area contributed by atoms with Gasteiger partial charge in [0.2, 0.25) is 6.54 Å². The number of rotatable bonds is 4. The predicted molar refractivity (Wildman–Crippen MR) is 66.6 cm³/mol. The van der Waals surface area contributed by atoms with Crippen LogP contribution in [-0.2, 0) is 11.3 Å². The molecule has 0 radical (unpaired) electrons. The number of nitrogens with one attached hydrogen (secondary N) is 1. The fraction of sp³-hybridized carbons (Fsp3) is 0.0769. The molecule has 2 rings (SSSR count). The van der Waals surface area contributed by atoms with E-state index in [1.807, 2.05) is 42.7 Å². The van der Waals surface area contributed by atoms with Crippen LogP contribution in [0.3, 0.4) is 0 Å². The molecule has 0 bridgehead atoms. The minimum Gasteiger partial charge on any atom is -0.266 e. The van der Waals surface area contributed by atoms with Crippen LogP contribution in [0.25, 0.3) is 0 Å². The van der Waals surface area contributed by atoms with Crippen molar-refractivity contribution in [1.82, 2.24) is 10.4 Å². The summed E-state index contributed by atoms with van der Waals surface area (Å²) in [6.07, 6.45) is 8.57. The topological polar surface area (TPSA) is 58.2 Å². The lowest BCUT2D eigenvalue weighted by Gasteiger charge is -1.96. The summed E-state index contributed by atoms with van der Waals surface area (Å²) in [4.78, 5) is 15.4. The first-order chi connectivity index (χ1) is 8.84. The number of amides is 1. The maximum atomic E-state index is 11.5. The Hall–Kier alpha value is -2.56. The molecule has 2 aromatic rings. The Labute approximate surface area is 105 Å². The third-order valence-electron chi connectivity index (χ3n) is 2.21. The lowest BCUT2D eigenvalue weighted by Crippen LogP contribution is -2.40. The zero-order valence-electron chi connectivity index (χ0n) is 9.73. The van der Waals surface area contributed by atoms with Crippen molar-refractivity contribution in [2.24, 2.45) is 5.10 Å². The number of hydrazone groups is 1. The van der Waals surface area contributed by atoms with Gasteiger partial charge in [0.1, 0.15) is 0 Å². The molecule has 5 heteroatoms. The van der Waals surface area contributed by atoms with Crippen molar-refractivity contribution < 1.29 is 9.36 Å². The lowest BCUT2D eigenvalue weighted by atomic mass is 10.3. The number of carbonyl (C=O) groups is 1. The van der Waals surface area contributed by atoms with Crippen LogP contribution in [0, 0.1) is 0 Å². The molecule has 0 aliphatic heterocycles. The summed E-state index contributed by atoms with van der Waals surface area (Å²) in [6.45, 7) is 0.245. The third-order valence-corrected chi connectivity index (χ3v) is 2.21. The average Bonchev–Trinajstić information content (AvgIpc) is 2.41. The Morgan fingerprint density at radius 3 is 2.72 bits per heavy atom. The largest absolute Gasteiger partial charge is 0.305 e. The van der Waals surface area contributed by atoms with E-state index < -0.39 is 0 Å².